The van der Waals surface area contributed by atoms with Gasteiger partial charge in [0.2, 0.25) is 0 Å². The molecule has 0 saturated carbocycles. The van der Waals surface area contributed by atoms with Crippen molar-refractivity contribution in [3.8, 4) is 0 Å². The number of rotatable bonds is 6. The molecule has 7 heteroatoms. The SMILES string of the molecule is O=P1(NCCCl)OCCN1CCCCl. The predicted octanol–water partition coefficient (Wildman–Crippen LogP) is 1.88. The molecule has 1 N–H and O–H groups in total. The lowest BCUT2D eigenvalue weighted by molar-refractivity contribution is 0.350. The second-order valence-corrected chi connectivity index (χ2v) is 5.88. The van der Waals surface area contributed by atoms with Gasteiger partial charge in [0.15, 0.2) is 0 Å². The average molecular weight is 261 g/mol. The van der Waals surface area contributed by atoms with Crippen molar-refractivity contribution in [3.05, 3.63) is 0 Å². The number of hydrogen-bond acceptors (Lipinski definition) is 2. The molecule has 0 aromatic carbocycles. The second-order valence-electron chi connectivity index (χ2n) is 2.95. The van der Waals surface area contributed by atoms with E-state index < -0.39 is 7.67 Å². The molecule has 1 aliphatic heterocycles. The minimum Gasteiger partial charge on any atom is -0.305 e. The third kappa shape index (κ3) is 3.37. The maximum atomic E-state index is 12.1. The molecule has 0 bridgehead atoms. The third-order valence-electron chi connectivity index (χ3n) is 1.94. The first-order valence-corrected chi connectivity index (χ1v) is 7.24. The van der Waals surface area contributed by atoms with E-state index in [0.717, 1.165) is 6.42 Å². The molecule has 1 heterocycles. The quantitative estimate of drug-likeness (QED) is 0.585. The fourth-order valence-electron chi connectivity index (χ4n) is 1.30. The van der Waals surface area contributed by atoms with Crippen LogP contribution in [-0.2, 0) is 9.09 Å². The maximum absolute atomic E-state index is 12.1. The van der Waals surface area contributed by atoms with Crippen LogP contribution in [0.1, 0.15) is 6.42 Å². The van der Waals surface area contributed by atoms with E-state index in [2.05, 4.69) is 5.09 Å². The van der Waals surface area contributed by atoms with Crippen molar-refractivity contribution in [1.29, 1.82) is 0 Å². The van der Waals surface area contributed by atoms with Crippen LogP contribution in [0.3, 0.4) is 0 Å². The van der Waals surface area contributed by atoms with Crippen molar-refractivity contribution in [3.63, 3.8) is 0 Å². The number of hydrogen-bond donors (Lipinski definition) is 1. The molecule has 1 atom stereocenters. The zero-order valence-electron chi connectivity index (χ0n) is 7.92. The smallest absolute Gasteiger partial charge is 0.305 e. The summed E-state index contributed by atoms with van der Waals surface area (Å²) >= 11 is 11.1. The van der Waals surface area contributed by atoms with Gasteiger partial charge in [0.05, 0.1) is 6.61 Å². The molecule has 14 heavy (non-hydrogen) atoms. The molecule has 1 rings (SSSR count). The lowest BCUT2D eigenvalue weighted by atomic mass is 10.5. The van der Waals surface area contributed by atoms with Gasteiger partial charge < -0.3 is 4.52 Å². The summed E-state index contributed by atoms with van der Waals surface area (Å²) in [4.78, 5) is 0. The van der Waals surface area contributed by atoms with Crippen molar-refractivity contribution in [2.45, 2.75) is 6.42 Å². The van der Waals surface area contributed by atoms with Crippen molar-refractivity contribution in [2.24, 2.45) is 0 Å². The Balaban J connectivity index is 2.43. The van der Waals surface area contributed by atoms with Gasteiger partial charge in [-0.1, -0.05) is 0 Å². The zero-order valence-corrected chi connectivity index (χ0v) is 10.3. The Bertz CT molecular complexity index is 218. The molecule has 0 radical (unpaired) electrons. The van der Waals surface area contributed by atoms with E-state index in [9.17, 15) is 4.57 Å². The Morgan fingerprint density at radius 1 is 1.43 bits per heavy atom. The van der Waals surface area contributed by atoms with E-state index in [-0.39, 0.29) is 0 Å². The Morgan fingerprint density at radius 2 is 2.21 bits per heavy atom. The van der Waals surface area contributed by atoms with Crippen LogP contribution in [0, 0.1) is 0 Å². The fraction of sp³-hybridized carbons (Fsp3) is 1.00. The first-order valence-electron chi connectivity index (χ1n) is 4.60. The first kappa shape index (κ1) is 12.8. The molecule has 1 unspecified atom stereocenters. The summed E-state index contributed by atoms with van der Waals surface area (Å²) < 4.78 is 19.1. The van der Waals surface area contributed by atoms with Crippen LogP contribution in [0.15, 0.2) is 0 Å². The van der Waals surface area contributed by atoms with Crippen LogP contribution in [-0.4, -0.2) is 42.7 Å². The van der Waals surface area contributed by atoms with Crippen LogP contribution >= 0.6 is 30.9 Å². The minimum absolute atomic E-state index is 0.427. The molecule has 4 nitrogen and oxygen atoms in total. The summed E-state index contributed by atoms with van der Waals surface area (Å²) in [7, 11) is -2.79. The van der Waals surface area contributed by atoms with Gasteiger partial charge in [-0.25, -0.2) is 9.76 Å². The lowest BCUT2D eigenvalue weighted by Crippen LogP contribution is -2.26. The first-order chi connectivity index (χ1) is 6.73. The molecule has 0 aromatic rings. The van der Waals surface area contributed by atoms with E-state index in [1.165, 1.54) is 0 Å². The van der Waals surface area contributed by atoms with Gasteiger partial charge in [-0.15, -0.1) is 23.2 Å². The Morgan fingerprint density at radius 3 is 2.86 bits per heavy atom. The van der Waals surface area contributed by atoms with Crippen molar-refractivity contribution < 1.29 is 9.09 Å². The highest BCUT2D eigenvalue weighted by atomic mass is 35.5. The monoisotopic (exact) mass is 260 g/mol. The molecule has 1 saturated heterocycles. The highest BCUT2D eigenvalue weighted by Gasteiger charge is 2.36. The second kappa shape index (κ2) is 6.31. The number of alkyl halides is 2. The summed E-state index contributed by atoms with van der Waals surface area (Å²) in [5.74, 6) is 1.00. The molecule has 1 fully saturated rings. The van der Waals surface area contributed by atoms with Gasteiger partial charge in [-0.05, 0) is 6.42 Å². The molecule has 1 aliphatic rings. The fourth-order valence-corrected chi connectivity index (χ4v) is 3.57. The van der Waals surface area contributed by atoms with Crippen molar-refractivity contribution >= 4 is 30.9 Å². The Labute approximate surface area is 94.4 Å². The molecule has 0 aromatic heterocycles. The van der Waals surface area contributed by atoms with Crippen LogP contribution < -0.4 is 5.09 Å². The van der Waals surface area contributed by atoms with Gasteiger partial charge >= 0.3 is 7.67 Å². The highest BCUT2D eigenvalue weighted by Crippen LogP contribution is 2.50. The van der Waals surface area contributed by atoms with Crippen LogP contribution in [0.4, 0.5) is 0 Å². The molecule has 0 aliphatic carbocycles. The van der Waals surface area contributed by atoms with E-state index in [1.54, 1.807) is 0 Å². The normalized spacial score (nSPS) is 28.4. The Hall–Kier alpha value is 0.690. The molecule has 0 amide bonds. The molecular formula is C7H15Cl2N2O2P. The van der Waals surface area contributed by atoms with Gasteiger partial charge in [0, 0.05) is 31.4 Å². The van der Waals surface area contributed by atoms with E-state index in [4.69, 9.17) is 27.7 Å². The number of nitrogens with zero attached hydrogens (tertiary/aromatic N) is 1. The summed E-state index contributed by atoms with van der Waals surface area (Å²) in [5, 5.41) is 2.85. The summed E-state index contributed by atoms with van der Waals surface area (Å²) in [5.41, 5.74) is 0. The van der Waals surface area contributed by atoms with E-state index in [0.29, 0.717) is 38.0 Å². The highest BCUT2D eigenvalue weighted by molar-refractivity contribution is 7.54. The third-order valence-corrected chi connectivity index (χ3v) is 4.70. The predicted molar refractivity (Wildman–Crippen MR) is 59.2 cm³/mol. The minimum atomic E-state index is -2.79. The average Bonchev–Trinajstić information content (AvgIpc) is 2.54. The van der Waals surface area contributed by atoms with E-state index >= 15 is 0 Å². The largest absolute Gasteiger partial charge is 0.343 e. The van der Waals surface area contributed by atoms with Gasteiger partial charge in [-0.3, -0.25) is 4.57 Å². The topological polar surface area (TPSA) is 41.6 Å². The Kier molecular flexibility index (Phi) is 5.75. The van der Waals surface area contributed by atoms with Crippen LogP contribution in [0.5, 0.6) is 0 Å². The molecule has 84 valence electrons. The number of nitrogens with one attached hydrogen (secondary N) is 1. The molecule has 0 spiro atoms. The van der Waals surface area contributed by atoms with Gasteiger partial charge in [0.1, 0.15) is 0 Å². The van der Waals surface area contributed by atoms with Crippen LogP contribution in [0.25, 0.3) is 0 Å². The summed E-state index contributed by atoms with van der Waals surface area (Å²) in [6.45, 7) is 2.41. The van der Waals surface area contributed by atoms with Crippen LogP contribution in [0.2, 0.25) is 0 Å². The van der Waals surface area contributed by atoms with Gasteiger partial charge in [-0.2, -0.15) is 0 Å². The summed E-state index contributed by atoms with van der Waals surface area (Å²) in [6, 6.07) is 0. The van der Waals surface area contributed by atoms with Gasteiger partial charge in [0.25, 0.3) is 0 Å². The molecular weight excluding hydrogens is 246 g/mol. The maximum Gasteiger partial charge on any atom is 0.343 e. The van der Waals surface area contributed by atoms with E-state index in [1.807, 2.05) is 4.67 Å². The van der Waals surface area contributed by atoms with Crippen molar-refractivity contribution in [1.82, 2.24) is 9.76 Å². The number of halogens is 2. The van der Waals surface area contributed by atoms with Crippen molar-refractivity contribution in [2.75, 3.05) is 38.0 Å². The summed E-state index contributed by atoms with van der Waals surface area (Å²) in [6.07, 6.45) is 0.817. The zero-order chi connectivity index (χ0) is 10.4. The lowest BCUT2D eigenvalue weighted by Gasteiger charge is -2.22. The standard InChI is InChI=1S/C7H15Cl2N2O2P/c8-2-1-5-11-6-7-13-14(11,12)10-4-3-9/h1-7H2,(H,10,12).